The molecule has 6 nitrogen and oxygen atoms in total. The predicted octanol–water partition coefficient (Wildman–Crippen LogP) is 1.14. The molecule has 0 saturated carbocycles. The maximum atomic E-state index is 5.17. The van der Waals surface area contributed by atoms with E-state index in [0.717, 1.165) is 38.4 Å². The molecule has 0 spiro atoms. The van der Waals surface area contributed by atoms with Gasteiger partial charge in [-0.15, -0.1) is 0 Å². The molecule has 3 rings (SSSR count). The molecule has 6 heteroatoms. The Morgan fingerprint density at radius 1 is 1.23 bits per heavy atom. The zero-order valence-electron chi connectivity index (χ0n) is 13.5. The Morgan fingerprint density at radius 3 is 2.73 bits per heavy atom. The monoisotopic (exact) mass is 305 g/mol. The fourth-order valence-electron chi connectivity index (χ4n) is 3.32. The van der Waals surface area contributed by atoms with Crippen molar-refractivity contribution in [2.75, 3.05) is 51.3 Å². The van der Waals surface area contributed by atoms with Gasteiger partial charge in [0.2, 0.25) is 11.8 Å². The van der Waals surface area contributed by atoms with Crippen LogP contribution in [0.1, 0.15) is 25.7 Å². The average molecular weight is 305 g/mol. The molecule has 0 radical (unpaired) electrons. The summed E-state index contributed by atoms with van der Waals surface area (Å²) in [6, 6.07) is 2.42. The fraction of sp³-hybridized carbons (Fsp3) is 0.750. The maximum absolute atomic E-state index is 5.17. The van der Waals surface area contributed by atoms with E-state index in [1.54, 1.807) is 19.4 Å². The molecule has 1 N–H and O–H groups in total. The lowest BCUT2D eigenvalue weighted by atomic mass is 10.1. The first-order valence-corrected chi connectivity index (χ1v) is 8.43. The Labute approximate surface area is 132 Å². The van der Waals surface area contributed by atoms with Crippen LogP contribution in [0.25, 0.3) is 0 Å². The zero-order valence-corrected chi connectivity index (χ0v) is 13.5. The molecule has 2 aliphatic rings. The number of nitrogens with zero attached hydrogens (tertiary/aromatic N) is 4. The number of anilines is 1. The first-order chi connectivity index (χ1) is 10.8. The number of piperidine rings is 1. The molecule has 0 aliphatic carbocycles. The van der Waals surface area contributed by atoms with Crippen molar-refractivity contribution in [2.45, 2.75) is 31.7 Å². The molecule has 1 aromatic rings. The van der Waals surface area contributed by atoms with Gasteiger partial charge in [-0.2, -0.15) is 4.98 Å². The van der Waals surface area contributed by atoms with Gasteiger partial charge in [-0.1, -0.05) is 0 Å². The first kappa shape index (κ1) is 15.5. The average Bonchev–Trinajstić information content (AvgIpc) is 3.09. The lowest BCUT2D eigenvalue weighted by Crippen LogP contribution is -2.45. The minimum absolute atomic E-state index is 0.629. The fourth-order valence-corrected chi connectivity index (χ4v) is 3.32. The van der Waals surface area contributed by atoms with E-state index in [9.17, 15) is 0 Å². The maximum Gasteiger partial charge on any atom is 0.228 e. The van der Waals surface area contributed by atoms with Crippen LogP contribution < -0.4 is 15.0 Å². The number of ether oxygens (including phenoxy) is 1. The highest BCUT2D eigenvalue weighted by Gasteiger charge is 2.21. The van der Waals surface area contributed by atoms with Gasteiger partial charge in [0, 0.05) is 44.5 Å². The van der Waals surface area contributed by atoms with Gasteiger partial charge in [-0.3, -0.25) is 0 Å². The van der Waals surface area contributed by atoms with E-state index in [1.807, 2.05) is 0 Å². The van der Waals surface area contributed by atoms with Crippen molar-refractivity contribution in [3.8, 4) is 5.88 Å². The number of nitrogens with one attached hydrogen (secondary N) is 1. The van der Waals surface area contributed by atoms with Crippen LogP contribution in [0.15, 0.2) is 12.3 Å². The van der Waals surface area contributed by atoms with Crippen LogP contribution in [0.2, 0.25) is 0 Å². The molecule has 0 aromatic carbocycles. The molecule has 1 aromatic heterocycles. The third kappa shape index (κ3) is 4.08. The van der Waals surface area contributed by atoms with E-state index in [0.29, 0.717) is 11.9 Å². The summed E-state index contributed by atoms with van der Waals surface area (Å²) in [5.41, 5.74) is 0. The quantitative estimate of drug-likeness (QED) is 0.850. The van der Waals surface area contributed by atoms with Crippen LogP contribution in [0, 0.1) is 0 Å². The second-order valence-electron chi connectivity index (χ2n) is 6.16. The Bertz CT molecular complexity index is 456. The van der Waals surface area contributed by atoms with Gasteiger partial charge in [0.1, 0.15) is 0 Å². The highest BCUT2D eigenvalue weighted by molar-refractivity contribution is 5.32. The summed E-state index contributed by atoms with van der Waals surface area (Å²) in [7, 11) is 1.64. The number of hydrogen-bond acceptors (Lipinski definition) is 6. The van der Waals surface area contributed by atoms with Gasteiger partial charge in [0.15, 0.2) is 0 Å². The van der Waals surface area contributed by atoms with Crippen molar-refractivity contribution in [3.05, 3.63) is 12.3 Å². The summed E-state index contributed by atoms with van der Waals surface area (Å²) in [4.78, 5) is 13.6. The van der Waals surface area contributed by atoms with Crippen LogP contribution in [-0.4, -0.2) is 67.3 Å². The molecule has 3 heterocycles. The molecule has 2 fully saturated rings. The summed E-state index contributed by atoms with van der Waals surface area (Å²) < 4.78 is 5.17. The van der Waals surface area contributed by atoms with E-state index >= 15 is 0 Å². The van der Waals surface area contributed by atoms with Crippen LogP contribution in [-0.2, 0) is 0 Å². The molecule has 2 aliphatic heterocycles. The van der Waals surface area contributed by atoms with Gasteiger partial charge in [-0.05, 0) is 38.8 Å². The number of likely N-dealkylation sites (tertiary alicyclic amines) is 1. The molecule has 2 saturated heterocycles. The SMILES string of the molecule is COc1ccnc(N2CCC(NCCN3CCCC3)CC2)n1. The lowest BCUT2D eigenvalue weighted by Gasteiger charge is -2.32. The molecular weight excluding hydrogens is 278 g/mol. The molecule has 0 amide bonds. The summed E-state index contributed by atoms with van der Waals surface area (Å²) >= 11 is 0. The lowest BCUT2D eigenvalue weighted by molar-refractivity contribution is 0.316. The van der Waals surface area contributed by atoms with Crippen LogP contribution >= 0.6 is 0 Å². The second-order valence-corrected chi connectivity index (χ2v) is 6.16. The van der Waals surface area contributed by atoms with E-state index in [-0.39, 0.29) is 0 Å². The van der Waals surface area contributed by atoms with Crippen molar-refractivity contribution in [1.82, 2.24) is 20.2 Å². The van der Waals surface area contributed by atoms with Gasteiger partial charge in [-0.25, -0.2) is 4.98 Å². The largest absolute Gasteiger partial charge is 0.481 e. The normalized spacial score (nSPS) is 20.5. The Hall–Kier alpha value is -1.40. The van der Waals surface area contributed by atoms with E-state index < -0.39 is 0 Å². The smallest absolute Gasteiger partial charge is 0.228 e. The van der Waals surface area contributed by atoms with Crippen LogP contribution in [0.4, 0.5) is 5.95 Å². The first-order valence-electron chi connectivity index (χ1n) is 8.43. The second kappa shape index (κ2) is 7.74. The van der Waals surface area contributed by atoms with E-state index in [2.05, 4.69) is 25.1 Å². The molecule has 22 heavy (non-hydrogen) atoms. The Morgan fingerprint density at radius 2 is 2.00 bits per heavy atom. The van der Waals surface area contributed by atoms with Crippen molar-refractivity contribution in [1.29, 1.82) is 0 Å². The van der Waals surface area contributed by atoms with Crippen LogP contribution in [0.5, 0.6) is 5.88 Å². The van der Waals surface area contributed by atoms with Crippen LogP contribution in [0.3, 0.4) is 0 Å². The zero-order chi connectivity index (χ0) is 15.2. The van der Waals surface area contributed by atoms with Gasteiger partial charge in [0.05, 0.1) is 7.11 Å². The van der Waals surface area contributed by atoms with Gasteiger partial charge < -0.3 is 19.9 Å². The topological polar surface area (TPSA) is 53.5 Å². The molecule has 0 bridgehead atoms. The van der Waals surface area contributed by atoms with E-state index in [4.69, 9.17) is 4.74 Å². The van der Waals surface area contributed by atoms with E-state index in [1.165, 1.54) is 32.5 Å². The number of aromatic nitrogens is 2. The molecular formula is C16H27N5O. The summed E-state index contributed by atoms with van der Waals surface area (Å²) in [6.45, 7) is 6.89. The third-order valence-corrected chi connectivity index (χ3v) is 4.66. The Kier molecular flexibility index (Phi) is 5.45. The predicted molar refractivity (Wildman–Crippen MR) is 87.5 cm³/mol. The number of methoxy groups -OCH3 is 1. The third-order valence-electron chi connectivity index (χ3n) is 4.66. The minimum Gasteiger partial charge on any atom is -0.481 e. The highest BCUT2D eigenvalue weighted by Crippen LogP contribution is 2.18. The van der Waals surface area contributed by atoms with Gasteiger partial charge >= 0.3 is 0 Å². The molecule has 0 unspecified atom stereocenters. The summed E-state index contributed by atoms with van der Waals surface area (Å²) in [6.07, 6.45) is 6.82. The number of rotatable bonds is 6. The Balaban J connectivity index is 1.39. The molecule has 0 atom stereocenters. The van der Waals surface area contributed by atoms with Crippen molar-refractivity contribution in [3.63, 3.8) is 0 Å². The highest BCUT2D eigenvalue weighted by atomic mass is 16.5. The van der Waals surface area contributed by atoms with Crippen molar-refractivity contribution in [2.24, 2.45) is 0 Å². The number of hydrogen-bond donors (Lipinski definition) is 1. The summed E-state index contributed by atoms with van der Waals surface area (Å²) in [5.74, 6) is 1.42. The van der Waals surface area contributed by atoms with Crippen molar-refractivity contribution < 1.29 is 4.74 Å². The summed E-state index contributed by atoms with van der Waals surface area (Å²) in [5, 5.41) is 3.71. The van der Waals surface area contributed by atoms with Gasteiger partial charge in [0.25, 0.3) is 0 Å². The van der Waals surface area contributed by atoms with Crippen molar-refractivity contribution >= 4 is 5.95 Å². The molecule has 122 valence electrons. The minimum atomic E-state index is 0.629. The standard InChI is InChI=1S/C16H27N5O/c1-22-15-4-7-18-16(19-15)21-11-5-14(6-12-21)17-8-13-20-9-2-3-10-20/h4,7,14,17H,2-3,5-6,8-13H2,1H3.